The summed E-state index contributed by atoms with van der Waals surface area (Å²) in [5, 5.41) is 10.6. The molecule has 0 aliphatic carbocycles. The number of rotatable bonds is 2. The molecule has 0 aliphatic rings. The molecular formula is C20H13Cl5F2N2O2S. The first-order chi connectivity index (χ1) is 15.1. The van der Waals surface area contributed by atoms with E-state index in [1.807, 2.05) is 6.07 Å². The third-order valence-corrected chi connectivity index (χ3v) is 4.78. The van der Waals surface area contributed by atoms with Crippen molar-refractivity contribution in [3.8, 4) is 0 Å². The van der Waals surface area contributed by atoms with Crippen molar-refractivity contribution in [2.75, 3.05) is 0 Å². The lowest BCUT2D eigenvalue weighted by Crippen LogP contribution is -1.88. The monoisotopic (exact) mass is 558 g/mol. The van der Waals surface area contributed by atoms with E-state index in [1.165, 1.54) is 24.4 Å². The van der Waals surface area contributed by atoms with Gasteiger partial charge >= 0.3 is 0 Å². The molecule has 0 saturated carbocycles. The van der Waals surface area contributed by atoms with Crippen molar-refractivity contribution in [3.05, 3.63) is 81.6 Å². The Hall–Kier alpha value is -1.32. The molecule has 2 heterocycles. The second kappa shape index (κ2) is 12.8. The Morgan fingerprint density at radius 1 is 0.812 bits per heavy atom. The van der Waals surface area contributed by atoms with E-state index in [1.54, 1.807) is 18.3 Å². The number of fused-ring (bicyclic) bond motifs is 2. The maximum absolute atomic E-state index is 13.0. The van der Waals surface area contributed by atoms with Crippen LogP contribution in [0.3, 0.4) is 0 Å². The number of aliphatic hydroxyl groups excluding tert-OH is 1. The Labute approximate surface area is 208 Å². The highest BCUT2D eigenvalue weighted by Gasteiger charge is 2.05. The Balaban J connectivity index is 0.000000195. The van der Waals surface area contributed by atoms with E-state index in [-0.39, 0.29) is 16.7 Å². The molecule has 4 rings (SSSR count). The number of hydrogen-bond acceptors (Lipinski definition) is 4. The van der Waals surface area contributed by atoms with Crippen molar-refractivity contribution in [1.29, 1.82) is 0 Å². The molecule has 0 saturated heterocycles. The number of pyridine rings is 2. The topological polar surface area (TPSA) is 63.1 Å². The molecule has 0 atom stereocenters. The normalized spacial score (nSPS) is 10.5. The molecule has 0 fully saturated rings. The Kier molecular flexibility index (Phi) is 10.8. The van der Waals surface area contributed by atoms with Crippen molar-refractivity contribution >= 4 is 87.2 Å². The van der Waals surface area contributed by atoms with Crippen molar-refractivity contribution in [1.82, 2.24) is 9.97 Å². The molecule has 0 unspecified atom stereocenters. The Bertz CT molecular complexity index is 1170. The van der Waals surface area contributed by atoms with Gasteiger partial charge < -0.3 is 5.11 Å². The molecule has 4 aromatic rings. The van der Waals surface area contributed by atoms with Crippen molar-refractivity contribution in [2.24, 2.45) is 0 Å². The highest BCUT2D eigenvalue weighted by molar-refractivity contribution is 8.26. The summed E-state index contributed by atoms with van der Waals surface area (Å²) < 4.78 is 35.1. The van der Waals surface area contributed by atoms with Crippen LogP contribution in [-0.2, 0) is 21.7 Å². The van der Waals surface area contributed by atoms with E-state index in [9.17, 15) is 8.78 Å². The molecule has 0 bridgehead atoms. The van der Waals surface area contributed by atoms with Gasteiger partial charge in [0, 0.05) is 62.5 Å². The van der Waals surface area contributed by atoms with Crippen LogP contribution in [0.25, 0.3) is 21.8 Å². The summed E-state index contributed by atoms with van der Waals surface area (Å²) in [6.45, 7) is -0.0854. The fourth-order valence-electron chi connectivity index (χ4n) is 2.50. The standard InChI is InChI=1S/C10H6Cl2FN.C10H7ClFNO.Cl2OS/c11-4-6-1-7-2-8(12)9(13)3-10(7)14-5-6;11-8-2-7-1-6(5-14)4-13-10(7)3-9(8)12;1-4(2)3/h1-3,5H,4H2;1-4,14H,5H2;. The number of benzene rings is 2. The fourth-order valence-corrected chi connectivity index (χ4v) is 2.99. The van der Waals surface area contributed by atoms with Crippen molar-refractivity contribution < 1.29 is 18.1 Å². The molecule has 4 nitrogen and oxygen atoms in total. The number of aromatic nitrogens is 2. The van der Waals surface area contributed by atoms with E-state index in [2.05, 4.69) is 31.3 Å². The summed E-state index contributed by atoms with van der Waals surface area (Å²) >= 11 is 16.9. The van der Waals surface area contributed by atoms with E-state index < -0.39 is 20.9 Å². The molecule has 2 aromatic heterocycles. The lowest BCUT2D eigenvalue weighted by molar-refractivity contribution is 0.281. The quantitative estimate of drug-likeness (QED) is 0.206. The van der Waals surface area contributed by atoms with Gasteiger partial charge in [-0.15, -0.1) is 11.6 Å². The lowest BCUT2D eigenvalue weighted by Gasteiger charge is -2.01. The van der Waals surface area contributed by atoms with Gasteiger partial charge in [0.2, 0.25) is 9.23 Å². The Morgan fingerprint density at radius 3 is 1.62 bits per heavy atom. The highest BCUT2D eigenvalue weighted by atomic mass is 36.0. The molecular weight excluding hydrogens is 548 g/mol. The summed E-state index contributed by atoms with van der Waals surface area (Å²) in [5.74, 6) is -0.550. The van der Waals surface area contributed by atoms with Crippen LogP contribution in [0, 0.1) is 11.6 Å². The first kappa shape index (κ1) is 26.9. The van der Waals surface area contributed by atoms with Crippen LogP contribution < -0.4 is 0 Å². The van der Waals surface area contributed by atoms with Crippen LogP contribution in [0.1, 0.15) is 11.1 Å². The third kappa shape index (κ3) is 7.92. The first-order valence-corrected chi connectivity index (χ1v) is 12.6. The minimum absolute atomic E-state index is 0.0642. The molecule has 32 heavy (non-hydrogen) atoms. The second-order valence-corrected chi connectivity index (χ2v) is 9.69. The molecule has 1 N–H and O–H groups in total. The van der Waals surface area contributed by atoms with Gasteiger partial charge in [0.15, 0.2) is 0 Å². The maximum atomic E-state index is 13.0. The number of aliphatic hydroxyl groups is 1. The fraction of sp³-hybridized carbons (Fsp3) is 0.100. The largest absolute Gasteiger partial charge is 0.392 e. The summed E-state index contributed by atoms with van der Waals surface area (Å²) in [6, 6.07) is 9.22. The van der Waals surface area contributed by atoms with Gasteiger partial charge in [-0.05, 0) is 35.4 Å². The van der Waals surface area contributed by atoms with E-state index in [0.717, 1.165) is 16.3 Å². The SMILES string of the molecule is Fc1cc2ncc(CCl)cc2cc1Cl.O=S(Cl)Cl.OCc1cnc2cc(F)c(Cl)cc2c1. The molecule has 0 radical (unpaired) electrons. The van der Waals surface area contributed by atoms with Gasteiger partial charge in [-0.1, -0.05) is 23.2 Å². The van der Waals surface area contributed by atoms with Gasteiger partial charge in [0.25, 0.3) is 0 Å². The maximum Gasteiger partial charge on any atom is 0.211 e. The van der Waals surface area contributed by atoms with Crippen LogP contribution in [0.15, 0.2) is 48.8 Å². The van der Waals surface area contributed by atoms with Gasteiger partial charge in [-0.25, -0.2) is 13.0 Å². The second-order valence-electron chi connectivity index (χ2n) is 6.08. The molecule has 0 aliphatic heterocycles. The zero-order valence-corrected chi connectivity index (χ0v) is 20.4. The van der Waals surface area contributed by atoms with Crippen molar-refractivity contribution in [2.45, 2.75) is 12.5 Å². The summed E-state index contributed by atoms with van der Waals surface area (Å²) in [4.78, 5) is 8.07. The van der Waals surface area contributed by atoms with Crippen LogP contribution >= 0.6 is 56.2 Å². The molecule has 0 amide bonds. The molecule has 12 heteroatoms. The Morgan fingerprint density at radius 2 is 1.22 bits per heavy atom. The molecule has 170 valence electrons. The average molecular weight is 561 g/mol. The minimum atomic E-state index is -1.67. The predicted molar refractivity (Wildman–Crippen MR) is 129 cm³/mol. The smallest absolute Gasteiger partial charge is 0.211 e. The van der Waals surface area contributed by atoms with Gasteiger partial charge in [-0.2, -0.15) is 0 Å². The summed E-state index contributed by atoms with van der Waals surface area (Å²) in [7, 11) is 7.36. The minimum Gasteiger partial charge on any atom is -0.392 e. The number of nitrogens with zero attached hydrogens (tertiary/aromatic N) is 2. The van der Waals surface area contributed by atoms with Crippen LogP contribution in [-0.4, -0.2) is 19.3 Å². The first-order valence-electron chi connectivity index (χ1n) is 8.53. The third-order valence-electron chi connectivity index (χ3n) is 3.90. The highest BCUT2D eigenvalue weighted by Crippen LogP contribution is 2.23. The lowest BCUT2D eigenvalue weighted by atomic mass is 10.1. The average Bonchev–Trinajstić information content (AvgIpc) is 2.75. The predicted octanol–water partition coefficient (Wildman–Crippen LogP) is 7.33. The zero-order chi connectivity index (χ0) is 23.8. The zero-order valence-electron chi connectivity index (χ0n) is 15.8. The van der Waals surface area contributed by atoms with Crippen LogP contribution in [0.4, 0.5) is 8.78 Å². The summed E-state index contributed by atoms with van der Waals surface area (Å²) in [5.41, 5.74) is 2.69. The van der Waals surface area contributed by atoms with Crippen molar-refractivity contribution in [3.63, 3.8) is 0 Å². The molecule has 2 aromatic carbocycles. The number of halogens is 7. The van der Waals surface area contributed by atoms with Gasteiger partial charge in [0.1, 0.15) is 11.6 Å². The van der Waals surface area contributed by atoms with Gasteiger partial charge in [0.05, 0.1) is 27.7 Å². The van der Waals surface area contributed by atoms with Crippen LogP contribution in [0.5, 0.6) is 0 Å². The molecule has 0 spiro atoms. The summed E-state index contributed by atoms with van der Waals surface area (Å²) in [6.07, 6.45) is 3.14. The van der Waals surface area contributed by atoms with E-state index in [4.69, 9.17) is 44.1 Å². The van der Waals surface area contributed by atoms with Crippen LogP contribution in [0.2, 0.25) is 10.0 Å². The number of alkyl halides is 1. The van der Waals surface area contributed by atoms with Gasteiger partial charge in [-0.3, -0.25) is 9.97 Å². The van der Waals surface area contributed by atoms with E-state index >= 15 is 0 Å². The van der Waals surface area contributed by atoms with E-state index in [0.29, 0.717) is 22.5 Å². The number of hydrogen-bond donors (Lipinski definition) is 1.